The van der Waals surface area contributed by atoms with Crippen LogP contribution in [-0.4, -0.2) is 40.1 Å². The minimum Gasteiger partial charge on any atom is -0.486 e. The van der Waals surface area contributed by atoms with Gasteiger partial charge in [0.15, 0.2) is 11.5 Å². The monoisotopic (exact) mass is 388 g/mol. The summed E-state index contributed by atoms with van der Waals surface area (Å²) in [7, 11) is -3.88. The van der Waals surface area contributed by atoms with Crippen molar-refractivity contribution in [3.8, 4) is 11.5 Å². The summed E-state index contributed by atoms with van der Waals surface area (Å²) in [6.45, 7) is 2.90. The normalized spacial score (nSPS) is 16.7. The number of benzene rings is 2. The fraction of sp³-hybridized carbons (Fsp3) is 0.316. The number of carbonyl (C=O) groups is 1. The molecule has 1 atom stereocenters. The Morgan fingerprint density at radius 2 is 1.85 bits per heavy atom. The van der Waals surface area contributed by atoms with Gasteiger partial charge in [0.05, 0.1) is 10.9 Å². The molecule has 4 rings (SSSR count). The van der Waals surface area contributed by atoms with Crippen LogP contribution in [0.2, 0.25) is 0 Å². The van der Waals surface area contributed by atoms with Gasteiger partial charge in [-0.2, -0.15) is 4.72 Å². The highest BCUT2D eigenvalue weighted by Crippen LogP contribution is 2.32. The first-order valence-corrected chi connectivity index (χ1v) is 10.3. The lowest BCUT2D eigenvalue weighted by atomic mass is 10.2. The maximum Gasteiger partial charge on any atom is 0.244 e. The van der Waals surface area contributed by atoms with E-state index in [1.807, 2.05) is 24.3 Å². The first kappa shape index (κ1) is 17.8. The molecule has 2 aliphatic heterocycles. The zero-order valence-corrected chi connectivity index (χ0v) is 15.7. The molecular formula is C19H20N2O5S. The zero-order valence-electron chi connectivity index (χ0n) is 14.8. The molecule has 1 amide bonds. The van der Waals surface area contributed by atoms with Crippen LogP contribution in [0.4, 0.5) is 5.69 Å². The van der Waals surface area contributed by atoms with Crippen LogP contribution in [0.15, 0.2) is 47.4 Å². The maximum absolute atomic E-state index is 12.8. The molecular weight excluding hydrogens is 368 g/mol. The van der Waals surface area contributed by atoms with Crippen molar-refractivity contribution in [3.05, 3.63) is 48.0 Å². The minimum atomic E-state index is -3.88. The fourth-order valence-corrected chi connectivity index (χ4v) is 4.55. The van der Waals surface area contributed by atoms with Gasteiger partial charge in [-0.3, -0.25) is 4.79 Å². The Morgan fingerprint density at radius 3 is 2.67 bits per heavy atom. The first-order valence-electron chi connectivity index (χ1n) is 8.77. The van der Waals surface area contributed by atoms with Gasteiger partial charge in [-0.25, -0.2) is 8.42 Å². The van der Waals surface area contributed by atoms with Crippen molar-refractivity contribution in [1.29, 1.82) is 0 Å². The lowest BCUT2D eigenvalue weighted by Crippen LogP contribution is -2.46. The van der Waals surface area contributed by atoms with Crippen LogP contribution in [0.25, 0.3) is 0 Å². The van der Waals surface area contributed by atoms with Crippen molar-refractivity contribution in [3.63, 3.8) is 0 Å². The molecule has 27 heavy (non-hydrogen) atoms. The number of fused-ring (bicyclic) bond motifs is 2. The van der Waals surface area contributed by atoms with Gasteiger partial charge in [-0.05, 0) is 37.1 Å². The van der Waals surface area contributed by atoms with E-state index in [0.717, 1.165) is 17.7 Å². The van der Waals surface area contributed by atoms with Crippen molar-refractivity contribution in [1.82, 2.24) is 4.72 Å². The number of anilines is 1. The summed E-state index contributed by atoms with van der Waals surface area (Å²) in [6.07, 6.45) is 0.767. The summed E-state index contributed by atoms with van der Waals surface area (Å²) >= 11 is 0. The van der Waals surface area contributed by atoms with Gasteiger partial charge in [-0.1, -0.05) is 18.2 Å². The average molecular weight is 388 g/mol. The van der Waals surface area contributed by atoms with E-state index in [-0.39, 0.29) is 10.8 Å². The number of rotatable bonds is 4. The molecule has 0 spiro atoms. The molecule has 0 saturated carbocycles. The van der Waals surface area contributed by atoms with E-state index in [2.05, 4.69) is 4.72 Å². The zero-order chi connectivity index (χ0) is 19.0. The van der Waals surface area contributed by atoms with Crippen molar-refractivity contribution < 1.29 is 22.7 Å². The molecule has 0 unspecified atom stereocenters. The molecule has 0 saturated heterocycles. The van der Waals surface area contributed by atoms with E-state index in [1.54, 1.807) is 17.9 Å². The van der Waals surface area contributed by atoms with E-state index in [1.165, 1.54) is 12.1 Å². The topological polar surface area (TPSA) is 84.9 Å². The average Bonchev–Trinajstić information content (AvgIpc) is 3.10. The van der Waals surface area contributed by atoms with Crippen molar-refractivity contribution >= 4 is 21.6 Å². The van der Waals surface area contributed by atoms with Gasteiger partial charge < -0.3 is 14.4 Å². The molecule has 142 valence electrons. The second-order valence-corrected chi connectivity index (χ2v) is 8.23. The summed E-state index contributed by atoms with van der Waals surface area (Å²) in [5, 5.41) is 0. The Labute approximate surface area is 157 Å². The second-order valence-electron chi connectivity index (χ2n) is 6.52. The van der Waals surface area contributed by atoms with Gasteiger partial charge in [0.25, 0.3) is 0 Å². The summed E-state index contributed by atoms with van der Waals surface area (Å²) < 4.78 is 38.8. The molecule has 0 aliphatic carbocycles. The van der Waals surface area contributed by atoms with Crippen LogP contribution in [0.1, 0.15) is 12.5 Å². The van der Waals surface area contributed by atoms with Crippen LogP contribution in [-0.2, 0) is 21.2 Å². The van der Waals surface area contributed by atoms with Gasteiger partial charge in [-0.15, -0.1) is 0 Å². The number of carbonyl (C=O) groups excluding carboxylic acids is 1. The molecule has 2 heterocycles. The lowest BCUT2D eigenvalue weighted by Gasteiger charge is -2.23. The summed E-state index contributed by atoms with van der Waals surface area (Å²) in [6, 6.07) is 11.2. The molecule has 0 radical (unpaired) electrons. The van der Waals surface area contributed by atoms with Gasteiger partial charge in [0, 0.05) is 18.3 Å². The number of hydrogen-bond donors (Lipinski definition) is 1. The third kappa shape index (κ3) is 3.38. The molecule has 2 aromatic rings. The largest absolute Gasteiger partial charge is 0.486 e. The third-order valence-electron chi connectivity index (χ3n) is 4.68. The fourth-order valence-electron chi connectivity index (χ4n) is 3.34. The molecule has 7 nitrogen and oxygen atoms in total. The first-order chi connectivity index (χ1) is 13.0. The Bertz CT molecular complexity index is 989. The second kappa shape index (κ2) is 6.86. The molecule has 2 aliphatic rings. The Balaban J connectivity index is 1.52. The van der Waals surface area contributed by atoms with E-state index >= 15 is 0 Å². The van der Waals surface area contributed by atoms with Crippen molar-refractivity contribution in [2.75, 3.05) is 24.7 Å². The summed E-state index contributed by atoms with van der Waals surface area (Å²) in [5.41, 5.74) is 1.93. The highest BCUT2D eigenvalue weighted by molar-refractivity contribution is 7.89. The molecule has 1 N–H and O–H groups in total. The Kier molecular flexibility index (Phi) is 4.53. The Hall–Kier alpha value is -2.58. The number of nitrogens with zero attached hydrogens (tertiary/aromatic N) is 1. The minimum absolute atomic E-state index is 0.0354. The van der Waals surface area contributed by atoms with Crippen LogP contribution in [0.5, 0.6) is 11.5 Å². The third-order valence-corrected chi connectivity index (χ3v) is 6.22. The highest BCUT2D eigenvalue weighted by atomic mass is 32.2. The van der Waals surface area contributed by atoms with Gasteiger partial charge in [0.2, 0.25) is 15.9 Å². The number of amides is 1. The molecule has 0 aromatic heterocycles. The summed E-state index contributed by atoms with van der Waals surface area (Å²) in [4.78, 5) is 14.5. The van der Waals surface area contributed by atoms with E-state index in [9.17, 15) is 13.2 Å². The lowest BCUT2D eigenvalue weighted by molar-refractivity contribution is -0.119. The number of hydrogen-bond acceptors (Lipinski definition) is 5. The quantitative estimate of drug-likeness (QED) is 0.862. The molecule has 8 heteroatoms. The van der Waals surface area contributed by atoms with E-state index in [4.69, 9.17) is 9.47 Å². The van der Waals surface area contributed by atoms with Crippen LogP contribution < -0.4 is 19.1 Å². The predicted octanol–water partition coefficient (Wildman–Crippen LogP) is 1.71. The maximum atomic E-state index is 12.8. The van der Waals surface area contributed by atoms with Crippen LogP contribution >= 0.6 is 0 Å². The van der Waals surface area contributed by atoms with Gasteiger partial charge >= 0.3 is 0 Å². The number of para-hydroxylation sites is 1. The van der Waals surface area contributed by atoms with Crippen LogP contribution in [0.3, 0.4) is 0 Å². The van der Waals surface area contributed by atoms with E-state index < -0.39 is 16.1 Å². The standard InChI is InChI=1S/C19H20N2O5S/c1-13(19(22)21-9-8-14-4-2-3-5-16(14)21)20-27(23,24)15-6-7-17-18(12-15)26-11-10-25-17/h2-7,12-13,20H,8-11H2,1H3/t13-/m0/s1. The van der Waals surface area contributed by atoms with Crippen molar-refractivity contribution in [2.45, 2.75) is 24.3 Å². The highest BCUT2D eigenvalue weighted by Gasteiger charge is 2.30. The number of sulfonamides is 1. The number of ether oxygens (including phenoxy) is 2. The van der Waals surface area contributed by atoms with Gasteiger partial charge in [0.1, 0.15) is 13.2 Å². The molecule has 2 aromatic carbocycles. The molecule has 0 fully saturated rings. The SMILES string of the molecule is C[C@H](NS(=O)(=O)c1ccc2c(c1)OCCO2)C(=O)N1CCc2ccccc21. The smallest absolute Gasteiger partial charge is 0.244 e. The molecule has 0 bridgehead atoms. The number of nitrogens with one attached hydrogen (secondary N) is 1. The van der Waals surface area contributed by atoms with Crippen LogP contribution in [0, 0.1) is 0 Å². The predicted molar refractivity (Wildman–Crippen MR) is 99.7 cm³/mol. The van der Waals surface area contributed by atoms with E-state index in [0.29, 0.717) is 31.3 Å². The van der Waals surface area contributed by atoms with Crippen molar-refractivity contribution in [2.24, 2.45) is 0 Å². The Morgan fingerprint density at radius 1 is 1.11 bits per heavy atom. The summed E-state index contributed by atoms with van der Waals surface area (Å²) in [5.74, 6) is 0.621.